The summed E-state index contributed by atoms with van der Waals surface area (Å²) in [7, 11) is 0. The number of amides is 3. The minimum Gasteiger partial charge on any atom is -0.477 e. The second kappa shape index (κ2) is 57.8. The van der Waals surface area contributed by atoms with Crippen LogP contribution >= 0.6 is 0 Å². The van der Waals surface area contributed by atoms with Crippen LogP contribution in [0.5, 0.6) is 0 Å². The maximum atomic E-state index is 14.2. The lowest BCUT2D eigenvalue weighted by atomic mass is 9.86. The van der Waals surface area contributed by atoms with E-state index in [0.29, 0.717) is 12.8 Å². The lowest BCUT2D eigenvalue weighted by Crippen LogP contribution is -2.72. The standard InChI is InChI=1S/C85H153N3O34/c1-6-8-10-12-14-16-18-20-21-22-23-24-25-26-27-29-31-33-35-37-39-41-64(101)88-55(56(97)40-38-36-34-32-30-28-19-17-15-13-11-9-7-2)50-113-80-72(107)71(106)74(62(48-92)115-80)117-81-73(108)78(75(63(49-93)116-81)118-79-54(42-51(3)94)67(102)69(104)60(46-90)114-79)122-85(83(111)112)44-58(99)66(87-53(5)96)77(121-85)70(105)61(47-91)119-84(82(109)110)43-57(98)65(86-52(4)95)76(120-84)68(103)59(100)45-89/h54-63,65-81,89-93,97-100,102-108H,6-50H2,1-5H3,(H,86,95)(H,87,96)(H,88,101)(H,109,110)(H,111,112)/t54-,55+,56-,57+,58+,59-,60-,61-,62-,63-,65-,66-,67-,68-,69+,70-,71-,72-,73-,74-,75+,76?,77?,78-,79+,80-,81+,84-,85+/m1/s1. The number of carbonyl (C=O) groups is 6. The Balaban J connectivity index is 1.38. The third-order valence-electron chi connectivity index (χ3n) is 24.1. The first-order valence-electron chi connectivity index (χ1n) is 45.3. The highest BCUT2D eigenvalue weighted by Crippen LogP contribution is 2.43. The minimum absolute atomic E-state index is 0.140. The summed E-state index contributed by atoms with van der Waals surface area (Å²) in [6.45, 7) is 0.833. The molecule has 37 nitrogen and oxygen atoms in total. The molecule has 5 aliphatic rings. The molecule has 0 saturated carbocycles. The zero-order valence-corrected chi connectivity index (χ0v) is 72.5. The van der Waals surface area contributed by atoms with E-state index < -0.39 is 265 Å². The van der Waals surface area contributed by atoms with Crippen LogP contribution in [0.15, 0.2) is 0 Å². The number of hydrogen-bond donors (Lipinski definition) is 21. The second-order valence-electron chi connectivity index (χ2n) is 34.3. The van der Waals surface area contributed by atoms with Gasteiger partial charge in [-0.25, -0.2) is 9.59 Å². The van der Waals surface area contributed by atoms with E-state index in [4.69, 9.17) is 47.4 Å². The zero-order valence-electron chi connectivity index (χ0n) is 72.5. The predicted molar refractivity (Wildman–Crippen MR) is 436 cm³/mol. The number of hydrogen-bond acceptors (Lipinski definition) is 32. The van der Waals surface area contributed by atoms with E-state index in [2.05, 4.69) is 29.8 Å². The van der Waals surface area contributed by atoms with Gasteiger partial charge < -0.3 is 160 Å². The normalized spacial score (nSPS) is 32.2. The average molecular weight is 1760 g/mol. The Labute approximate surface area is 717 Å². The van der Waals surface area contributed by atoms with Crippen molar-refractivity contribution in [1.29, 1.82) is 0 Å². The highest BCUT2D eigenvalue weighted by molar-refractivity contribution is 5.78. The van der Waals surface area contributed by atoms with E-state index in [0.717, 1.165) is 85.0 Å². The first-order chi connectivity index (χ1) is 58.3. The topological polar surface area (TPSA) is 595 Å². The molecule has 2 unspecified atom stereocenters. The molecule has 0 aromatic heterocycles. The van der Waals surface area contributed by atoms with E-state index in [1.165, 1.54) is 141 Å². The summed E-state index contributed by atoms with van der Waals surface area (Å²) in [5.41, 5.74) is 0. The molecule has 122 heavy (non-hydrogen) atoms. The van der Waals surface area contributed by atoms with Crippen molar-refractivity contribution in [2.75, 3.05) is 39.6 Å². The Morgan fingerprint density at radius 3 is 1.28 bits per heavy atom. The molecule has 21 N–H and O–H groups in total. The Morgan fingerprint density at radius 1 is 0.434 bits per heavy atom. The Hall–Kier alpha value is -4.02. The van der Waals surface area contributed by atoms with Crippen LogP contribution in [-0.2, 0) is 76.1 Å². The number of carboxylic acid groups (broad SMARTS) is 2. The van der Waals surface area contributed by atoms with Gasteiger partial charge in [-0.3, -0.25) is 14.4 Å². The summed E-state index contributed by atoms with van der Waals surface area (Å²) < 4.78 is 60.3. The van der Waals surface area contributed by atoms with E-state index in [9.17, 15) is 121 Å². The number of Topliss-reactive ketones (excluding diaryl/α,β-unsaturated/α-hetero) is 1. The van der Waals surface area contributed by atoms with Gasteiger partial charge in [-0.05, 0) is 19.8 Å². The van der Waals surface area contributed by atoms with Crippen molar-refractivity contribution in [2.24, 2.45) is 5.92 Å². The van der Waals surface area contributed by atoms with Gasteiger partial charge in [-0.2, -0.15) is 0 Å². The summed E-state index contributed by atoms with van der Waals surface area (Å²) in [6, 6.07) is -4.87. The fraction of sp³-hybridized carbons (Fsp3) is 0.929. The molecular formula is C85H153N3O34. The molecule has 0 aromatic carbocycles. The second-order valence-corrected chi connectivity index (χ2v) is 34.3. The molecule has 5 aliphatic heterocycles. The Morgan fingerprint density at radius 2 is 0.844 bits per heavy atom. The Bertz CT molecular complexity index is 2920. The summed E-state index contributed by atoms with van der Waals surface area (Å²) in [5, 5.41) is 211. The summed E-state index contributed by atoms with van der Waals surface area (Å²) in [6.07, 6.45) is -12.7. The minimum atomic E-state index is -3.57. The molecule has 0 bridgehead atoms. The predicted octanol–water partition coefficient (Wildman–Crippen LogP) is 1.96. The van der Waals surface area contributed by atoms with Crippen LogP contribution in [0.25, 0.3) is 0 Å². The molecule has 0 aromatic rings. The zero-order chi connectivity index (χ0) is 90.1. The van der Waals surface area contributed by atoms with Crippen LogP contribution in [0, 0.1) is 5.92 Å². The number of ether oxygens (including phenoxy) is 10. The maximum absolute atomic E-state index is 14.2. The lowest BCUT2D eigenvalue weighted by Gasteiger charge is -2.52. The summed E-state index contributed by atoms with van der Waals surface area (Å²) in [4.78, 5) is 79.4. The van der Waals surface area contributed by atoms with Gasteiger partial charge in [0.25, 0.3) is 11.6 Å². The van der Waals surface area contributed by atoms with Gasteiger partial charge in [0.05, 0.1) is 82.2 Å². The van der Waals surface area contributed by atoms with Gasteiger partial charge in [0, 0.05) is 45.4 Å². The van der Waals surface area contributed by atoms with Crippen molar-refractivity contribution < 1.29 is 168 Å². The van der Waals surface area contributed by atoms with Crippen molar-refractivity contribution >= 4 is 35.4 Å². The number of ketones is 1. The molecule has 5 rings (SSSR count). The molecule has 5 fully saturated rings. The number of aliphatic hydroxyl groups is 16. The fourth-order valence-electron chi connectivity index (χ4n) is 17.0. The largest absolute Gasteiger partial charge is 0.477 e. The van der Waals surface area contributed by atoms with E-state index in [1.54, 1.807) is 0 Å². The number of carbonyl (C=O) groups excluding carboxylic acids is 4. The van der Waals surface area contributed by atoms with Gasteiger partial charge in [-0.1, -0.05) is 226 Å². The van der Waals surface area contributed by atoms with Gasteiger partial charge in [0.1, 0.15) is 103 Å². The van der Waals surface area contributed by atoms with Crippen LogP contribution < -0.4 is 16.0 Å². The number of aliphatic carboxylic acids is 2. The van der Waals surface area contributed by atoms with Crippen molar-refractivity contribution in [3.63, 3.8) is 0 Å². The molecule has 3 amide bonds. The molecule has 5 saturated heterocycles. The van der Waals surface area contributed by atoms with Crippen LogP contribution in [-0.4, -0.2) is 338 Å². The van der Waals surface area contributed by atoms with Crippen LogP contribution in [0.3, 0.4) is 0 Å². The highest BCUT2D eigenvalue weighted by atomic mass is 16.8. The summed E-state index contributed by atoms with van der Waals surface area (Å²) >= 11 is 0. The third-order valence-corrected chi connectivity index (χ3v) is 24.1. The van der Waals surface area contributed by atoms with Crippen molar-refractivity contribution in [1.82, 2.24) is 16.0 Å². The van der Waals surface area contributed by atoms with E-state index in [-0.39, 0.29) is 18.7 Å². The number of carboxylic acids is 2. The van der Waals surface area contributed by atoms with Crippen molar-refractivity contribution in [2.45, 2.75) is 456 Å². The average Bonchev–Trinajstić information content (AvgIpc) is 0.745. The molecule has 5 heterocycles. The smallest absolute Gasteiger partial charge is 0.364 e. The first kappa shape index (κ1) is 109. The SMILES string of the molecule is CCCCCCCCCCCCCCCCCCCCCCCC(=O)N[C@@H](CO[C@@H]1O[C@H](CO)[C@@H](O[C@@H]2O[C@H](CO)[C@H](O[C@@H]3O[C@H](CO)[C@H](O)[C@H](O)[C@H]3CC(C)=O)[C@H](O[C@]3(C(=O)O)C[C@H](O)[C@@H](NC(C)=O)C([C@H](O)[C@@H](CO)O[C@]4(C(=O)O)C[C@H](O)[C@@H](NC(C)=O)C([C@H](O)[C@H](O)CO)O4)O3)[C@H]2O)[C@H](O)[C@H]1O)[C@H](O)CCCCCCCCCCCCCCC. The maximum Gasteiger partial charge on any atom is 0.364 e. The van der Waals surface area contributed by atoms with E-state index in [1.807, 2.05) is 0 Å². The number of nitrogens with one attached hydrogen (secondary N) is 3. The van der Waals surface area contributed by atoms with Crippen LogP contribution in [0.1, 0.15) is 285 Å². The van der Waals surface area contributed by atoms with Gasteiger partial charge in [-0.15, -0.1) is 0 Å². The van der Waals surface area contributed by atoms with Crippen LogP contribution in [0.2, 0.25) is 0 Å². The monoisotopic (exact) mass is 1760 g/mol. The van der Waals surface area contributed by atoms with Crippen molar-refractivity contribution in [3.05, 3.63) is 0 Å². The van der Waals surface area contributed by atoms with Gasteiger partial charge in [0.15, 0.2) is 18.9 Å². The molecular weight excluding hydrogens is 1610 g/mol. The molecule has 29 atom stereocenters. The third kappa shape index (κ3) is 34.4. The van der Waals surface area contributed by atoms with Crippen molar-refractivity contribution in [3.8, 4) is 0 Å². The molecule has 0 aliphatic carbocycles. The van der Waals surface area contributed by atoms with Crippen LogP contribution in [0.4, 0.5) is 0 Å². The molecule has 712 valence electrons. The number of unbranched alkanes of at least 4 members (excludes halogenated alkanes) is 32. The lowest BCUT2D eigenvalue weighted by molar-refractivity contribution is -0.404. The molecule has 37 heteroatoms. The quantitative estimate of drug-likeness (QED) is 0.0387. The van der Waals surface area contributed by atoms with Gasteiger partial charge in [0.2, 0.25) is 17.7 Å². The summed E-state index contributed by atoms with van der Waals surface area (Å²) in [5.74, 6) is -15.8. The number of rotatable bonds is 64. The van der Waals surface area contributed by atoms with E-state index >= 15 is 0 Å². The van der Waals surface area contributed by atoms with Gasteiger partial charge >= 0.3 is 11.9 Å². The highest BCUT2D eigenvalue weighted by Gasteiger charge is 2.64. The fourth-order valence-corrected chi connectivity index (χ4v) is 17.0. The Kier molecular flexibility index (Phi) is 51.4. The molecule has 0 radical (unpaired) electrons. The molecule has 0 spiro atoms. The first-order valence-corrected chi connectivity index (χ1v) is 45.3. The number of aliphatic hydroxyl groups excluding tert-OH is 16.